The summed E-state index contributed by atoms with van der Waals surface area (Å²) in [5.74, 6) is 0.919. The Labute approximate surface area is 126 Å². The monoisotopic (exact) mass is 283 g/mol. The molecule has 0 saturated carbocycles. The SMILES string of the molecule is COc1c(C)ccc(NCc2cc(C#N)n(C)c2C)c1C. The summed E-state index contributed by atoms with van der Waals surface area (Å²) in [6, 6.07) is 8.26. The fourth-order valence-electron chi connectivity index (χ4n) is 2.57. The summed E-state index contributed by atoms with van der Waals surface area (Å²) in [5.41, 5.74) is 6.21. The van der Waals surface area contributed by atoms with Crippen molar-refractivity contribution in [2.75, 3.05) is 12.4 Å². The van der Waals surface area contributed by atoms with Gasteiger partial charge in [0.05, 0.1) is 7.11 Å². The lowest BCUT2D eigenvalue weighted by Gasteiger charge is -2.14. The van der Waals surface area contributed by atoms with Gasteiger partial charge in [-0.1, -0.05) is 6.07 Å². The molecule has 0 bridgehead atoms. The van der Waals surface area contributed by atoms with E-state index in [0.717, 1.165) is 33.8 Å². The van der Waals surface area contributed by atoms with Crippen molar-refractivity contribution in [3.8, 4) is 11.8 Å². The van der Waals surface area contributed by atoms with Gasteiger partial charge in [-0.3, -0.25) is 0 Å². The highest BCUT2D eigenvalue weighted by Gasteiger charge is 2.11. The van der Waals surface area contributed by atoms with Crippen LogP contribution in [0, 0.1) is 32.1 Å². The van der Waals surface area contributed by atoms with Gasteiger partial charge in [-0.05, 0) is 44.0 Å². The number of methoxy groups -OCH3 is 1. The minimum absolute atomic E-state index is 0.683. The molecule has 1 aromatic carbocycles. The van der Waals surface area contributed by atoms with Crippen molar-refractivity contribution in [3.63, 3.8) is 0 Å². The van der Waals surface area contributed by atoms with E-state index in [0.29, 0.717) is 12.2 Å². The molecule has 2 aromatic rings. The zero-order chi connectivity index (χ0) is 15.6. The first-order valence-electron chi connectivity index (χ1n) is 6.93. The highest BCUT2D eigenvalue weighted by molar-refractivity contribution is 5.60. The molecule has 0 amide bonds. The summed E-state index contributed by atoms with van der Waals surface area (Å²) in [4.78, 5) is 0. The van der Waals surface area contributed by atoms with E-state index in [9.17, 15) is 0 Å². The highest BCUT2D eigenvalue weighted by atomic mass is 16.5. The van der Waals surface area contributed by atoms with Gasteiger partial charge in [-0.25, -0.2) is 0 Å². The molecule has 1 N–H and O–H groups in total. The van der Waals surface area contributed by atoms with Gasteiger partial charge in [0.1, 0.15) is 17.5 Å². The molecule has 110 valence electrons. The second kappa shape index (κ2) is 5.92. The van der Waals surface area contributed by atoms with Crippen LogP contribution in [0.15, 0.2) is 18.2 Å². The number of nitrogens with one attached hydrogen (secondary N) is 1. The summed E-state index contributed by atoms with van der Waals surface area (Å²) in [5, 5.41) is 12.5. The number of rotatable bonds is 4. The minimum Gasteiger partial charge on any atom is -0.496 e. The first kappa shape index (κ1) is 15.0. The maximum atomic E-state index is 9.08. The lowest BCUT2D eigenvalue weighted by molar-refractivity contribution is 0.409. The van der Waals surface area contributed by atoms with Crippen molar-refractivity contribution >= 4 is 5.69 Å². The third-order valence-corrected chi connectivity index (χ3v) is 4.03. The zero-order valence-electron chi connectivity index (χ0n) is 13.2. The minimum atomic E-state index is 0.683. The van der Waals surface area contributed by atoms with Gasteiger partial charge >= 0.3 is 0 Å². The summed E-state index contributed by atoms with van der Waals surface area (Å²) in [7, 11) is 3.61. The van der Waals surface area contributed by atoms with E-state index < -0.39 is 0 Å². The average molecular weight is 283 g/mol. The lowest BCUT2D eigenvalue weighted by Crippen LogP contribution is -2.04. The molecule has 1 aromatic heterocycles. The predicted octanol–water partition coefficient (Wildman–Crippen LogP) is 3.44. The number of ether oxygens (including phenoxy) is 1. The Morgan fingerprint density at radius 1 is 1.29 bits per heavy atom. The van der Waals surface area contributed by atoms with Crippen LogP contribution in [0.2, 0.25) is 0 Å². The molecule has 1 heterocycles. The average Bonchev–Trinajstić information content (AvgIpc) is 2.74. The Kier molecular flexibility index (Phi) is 4.23. The third kappa shape index (κ3) is 2.73. The molecule has 4 heteroatoms. The van der Waals surface area contributed by atoms with Crippen molar-refractivity contribution in [2.45, 2.75) is 27.3 Å². The molecule has 0 aliphatic heterocycles. The second-order valence-electron chi connectivity index (χ2n) is 5.25. The Morgan fingerprint density at radius 3 is 2.57 bits per heavy atom. The molecule has 0 unspecified atom stereocenters. The van der Waals surface area contributed by atoms with Crippen LogP contribution in [0.25, 0.3) is 0 Å². The molecular weight excluding hydrogens is 262 g/mol. The smallest absolute Gasteiger partial charge is 0.126 e. The van der Waals surface area contributed by atoms with E-state index in [2.05, 4.69) is 17.5 Å². The van der Waals surface area contributed by atoms with Crippen LogP contribution in [0.1, 0.15) is 28.1 Å². The molecular formula is C17H21N3O. The van der Waals surface area contributed by atoms with Gasteiger partial charge < -0.3 is 14.6 Å². The zero-order valence-corrected chi connectivity index (χ0v) is 13.2. The molecule has 0 fully saturated rings. The molecule has 0 radical (unpaired) electrons. The maximum absolute atomic E-state index is 9.08. The predicted molar refractivity (Wildman–Crippen MR) is 84.7 cm³/mol. The summed E-state index contributed by atoms with van der Waals surface area (Å²) >= 11 is 0. The van der Waals surface area contributed by atoms with Crippen LogP contribution in [0.4, 0.5) is 5.69 Å². The first-order chi connectivity index (χ1) is 9.99. The first-order valence-corrected chi connectivity index (χ1v) is 6.93. The quantitative estimate of drug-likeness (QED) is 0.935. The molecule has 0 aliphatic rings. The van der Waals surface area contributed by atoms with Crippen LogP contribution >= 0.6 is 0 Å². The number of aromatic nitrogens is 1. The van der Waals surface area contributed by atoms with Gasteiger partial charge in [0.2, 0.25) is 0 Å². The van der Waals surface area contributed by atoms with Gasteiger partial charge in [-0.2, -0.15) is 5.26 Å². The standard InChI is InChI=1S/C17H21N3O/c1-11-6-7-16(12(2)17(11)21-5)19-10-14-8-15(9-18)20(4)13(14)3/h6-8,19H,10H2,1-5H3. The van der Waals surface area contributed by atoms with Gasteiger partial charge in [0.15, 0.2) is 0 Å². The van der Waals surface area contributed by atoms with Crippen LogP contribution in [0.3, 0.4) is 0 Å². The third-order valence-electron chi connectivity index (χ3n) is 4.03. The number of hydrogen-bond acceptors (Lipinski definition) is 3. The molecule has 4 nitrogen and oxygen atoms in total. The number of benzene rings is 1. The Bertz CT molecular complexity index is 708. The fourth-order valence-corrected chi connectivity index (χ4v) is 2.57. The van der Waals surface area contributed by atoms with Gasteiger partial charge in [-0.15, -0.1) is 0 Å². The molecule has 0 atom stereocenters. The van der Waals surface area contributed by atoms with Gasteiger partial charge in [0, 0.05) is 30.5 Å². The fraction of sp³-hybridized carbons (Fsp3) is 0.353. The number of anilines is 1. The van der Waals surface area contributed by atoms with Crippen LogP contribution in [-0.4, -0.2) is 11.7 Å². The lowest BCUT2D eigenvalue weighted by atomic mass is 10.1. The van der Waals surface area contributed by atoms with Crippen molar-refractivity contribution in [1.82, 2.24) is 4.57 Å². The molecule has 21 heavy (non-hydrogen) atoms. The van der Waals surface area contributed by atoms with Crippen LogP contribution < -0.4 is 10.1 Å². The Morgan fingerprint density at radius 2 is 2.00 bits per heavy atom. The van der Waals surface area contributed by atoms with Crippen LogP contribution in [0.5, 0.6) is 5.75 Å². The van der Waals surface area contributed by atoms with Crippen molar-refractivity contribution in [1.29, 1.82) is 5.26 Å². The normalized spacial score (nSPS) is 10.3. The van der Waals surface area contributed by atoms with E-state index in [1.54, 1.807) is 7.11 Å². The summed E-state index contributed by atoms with van der Waals surface area (Å²) in [6.07, 6.45) is 0. The molecule has 0 aliphatic carbocycles. The van der Waals surface area contributed by atoms with E-state index in [1.165, 1.54) is 0 Å². The number of nitriles is 1. The molecule has 0 saturated heterocycles. The molecule has 2 rings (SSSR count). The summed E-state index contributed by atoms with van der Waals surface area (Å²) < 4.78 is 7.36. The Hall–Kier alpha value is -2.41. The van der Waals surface area contributed by atoms with E-state index in [4.69, 9.17) is 10.00 Å². The largest absolute Gasteiger partial charge is 0.496 e. The number of hydrogen-bond donors (Lipinski definition) is 1. The molecule has 0 spiro atoms. The number of aryl methyl sites for hydroxylation is 1. The van der Waals surface area contributed by atoms with Crippen molar-refractivity contribution in [3.05, 3.63) is 46.3 Å². The second-order valence-corrected chi connectivity index (χ2v) is 5.25. The number of nitrogens with zero attached hydrogens (tertiary/aromatic N) is 2. The maximum Gasteiger partial charge on any atom is 0.126 e. The van der Waals surface area contributed by atoms with Crippen molar-refractivity contribution < 1.29 is 4.74 Å². The van der Waals surface area contributed by atoms with Crippen LogP contribution in [-0.2, 0) is 13.6 Å². The van der Waals surface area contributed by atoms with Crippen molar-refractivity contribution in [2.24, 2.45) is 7.05 Å². The van der Waals surface area contributed by atoms with E-state index in [1.807, 2.05) is 44.5 Å². The van der Waals surface area contributed by atoms with E-state index >= 15 is 0 Å². The summed E-state index contributed by atoms with van der Waals surface area (Å²) in [6.45, 7) is 6.80. The topological polar surface area (TPSA) is 50.0 Å². The van der Waals surface area contributed by atoms with E-state index in [-0.39, 0.29) is 0 Å². The van der Waals surface area contributed by atoms with Gasteiger partial charge in [0.25, 0.3) is 0 Å². The Balaban J connectivity index is 2.23. The highest BCUT2D eigenvalue weighted by Crippen LogP contribution is 2.29.